The van der Waals surface area contributed by atoms with Crippen molar-refractivity contribution in [2.24, 2.45) is 0 Å². The molecule has 1 atom stereocenters. The van der Waals surface area contributed by atoms with Crippen LogP contribution in [0, 0.1) is 5.82 Å². The molecule has 0 spiro atoms. The van der Waals surface area contributed by atoms with Crippen molar-refractivity contribution in [3.8, 4) is 0 Å². The molecule has 27 heavy (non-hydrogen) atoms. The normalized spacial score (nSPS) is 19.4. The maximum atomic E-state index is 13.8. The van der Waals surface area contributed by atoms with Gasteiger partial charge in [0.1, 0.15) is 11.9 Å². The molecule has 4 rings (SSSR count). The highest BCUT2D eigenvalue weighted by Crippen LogP contribution is 2.39. The summed E-state index contributed by atoms with van der Waals surface area (Å²) in [5.74, 6) is -0.452. The Labute approximate surface area is 158 Å². The van der Waals surface area contributed by atoms with Gasteiger partial charge in [-0.2, -0.15) is 0 Å². The number of hydrogen-bond acceptors (Lipinski definition) is 2. The van der Waals surface area contributed by atoms with Gasteiger partial charge in [-0.3, -0.25) is 9.59 Å². The minimum absolute atomic E-state index is 0.222. The fourth-order valence-electron chi connectivity index (χ4n) is 4.47. The van der Waals surface area contributed by atoms with E-state index in [9.17, 15) is 14.0 Å². The van der Waals surface area contributed by atoms with Crippen molar-refractivity contribution in [2.75, 3.05) is 7.05 Å². The Morgan fingerprint density at radius 2 is 1.89 bits per heavy atom. The first kappa shape index (κ1) is 17.7. The van der Waals surface area contributed by atoms with Crippen molar-refractivity contribution in [1.29, 1.82) is 0 Å². The highest BCUT2D eigenvalue weighted by Gasteiger charge is 2.41. The first-order chi connectivity index (χ1) is 13.1. The summed E-state index contributed by atoms with van der Waals surface area (Å²) in [4.78, 5) is 27.1. The molecule has 1 aliphatic heterocycles. The predicted molar refractivity (Wildman–Crippen MR) is 101 cm³/mol. The number of fused-ring (bicyclic) bond motifs is 1. The molecule has 1 unspecified atom stereocenters. The summed E-state index contributed by atoms with van der Waals surface area (Å²) in [6.07, 6.45) is 4.78. The Hall–Kier alpha value is -2.69. The molecule has 5 heteroatoms. The van der Waals surface area contributed by atoms with Crippen molar-refractivity contribution < 1.29 is 14.0 Å². The Kier molecular flexibility index (Phi) is 4.68. The molecule has 1 heterocycles. The summed E-state index contributed by atoms with van der Waals surface area (Å²) in [6.45, 7) is 0.347. The third-order valence-electron chi connectivity index (χ3n) is 5.80. The van der Waals surface area contributed by atoms with Crippen molar-refractivity contribution in [1.82, 2.24) is 10.2 Å². The van der Waals surface area contributed by atoms with Gasteiger partial charge >= 0.3 is 0 Å². The molecule has 2 aliphatic rings. The smallest absolute Gasteiger partial charge is 0.255 e. The molecule has 2 amide bonds. The van der Waals surface area contributed by atoms with E-state index in [2.05, 4.69) is 11.4 Å². The first-order valence-corrected chi connectivity index (χ1v) is 9.50. The van der Waals surface area contributed by atoms with E-state index in [0.717, 1.165) is 18.4 Å². The summed E-state index contributed by atoms with van der Waals surface area (Å²) in [6, 6.07) is 11.4. The number of amides is 2. The average molecular weight is 366 g/mol. The molecule has 140 valence electrons. The molecule has 4 nitrogen and oxygen atoms in total. The number of carbonyl (C=O) groups excluding carboxylic acids is 2. The van der Waals surface area contributed by atoms with E-state index in [1.54, 1.807) is 4.90 Å². The van der Waals surface area contributed by atoms with Gasteiger partial charge in [0.05, 0.1) is 0 Å². The van der Waals surface area contributed by atoms with Crippen LogP contribution in [0.15, 0.2) is 42.5 Å². The second-order valence-corrected chi connectivity index (χ2v) is 7.36. The first-order valence-electron chi connectivity index (χ1n) is 9.50. The van der Waals surface area contributed by atoms with Crippen LogP contribution in [0.5, 0.6) is 0 Å². The van der Waals surface area contributed by atoms with E-state index in [-0.39, 0.29) is 11.8 Å². The van der Waals surface area contributed by atoms with Gasteiger partial charge in [-0.25, -0.2) is 4.39 Å². The standard InChI is InChI=1S/C22H23FN2O2/c1-24-21(26)20-19-12-16(23)10-11-18(19)22(27)25(20)13-15-8-4-5-9-17(15)14-6-2-3-7-14/h4-5,8-12,14,20H,2-3,6-7,13H2,1H3,(H,24,26). The van der Waals surface area contributed by atoms with Gasteiger partial charge in [-0.15, -0.1) is 0 Å². The molecule has 0 saturated heterocycles. The van der Waals surface area contributed by atoms with Crippen LogP contribution in [-0.4, -0.2) is 23.8 Å². The Bertz CT molecular complexity index is 890. The zero-order valence-electron chi connectivity index (χ0n) is 15.4. The molecule has 0 bridgehead atoms. The van der Waals surface area contributed by atoms with Crippen LogP contribution in [0.25, 0.3) is 0 Å². The fraction of sp³-hybridized carbons (Fsp3) is 0.364. The number of likely N-dealkylation sites (N-methyl/N-ethyl adjacent to an activating group) is 1. The second kappa shape index (κ2) is 7.14. The topological polar surface area (TPSA) is 49.4 Å². The summed E-state index contributed by atoms with van der Waals surface area (Å²) >= 11 is 0. The number of carbonyl (C=O) groups is 2. The largest absolute Gasteiger partial charge is 0.357 e. The molecule has 0 radical (unpaired) electrons. The Morgan fingerprint density at radius 1 is 1.15 bits per heavy atom. The highest BCUT2D eigenvalue weighted by molar-refractivity contribution is 6.04. The summed E-state index contributed by atoms with van der Waals surface area (Å²) in [7, 11) is 1.54. The molecule has 2 aromatic carbocycles. The van der Waals surface area contributed by atoms with Crippen molar-refractivity contribution in [2.45, 2.75) is 44.2 Å². The molecular weight excluding hydrogens is 343 g/mol. The van der Waals surface area contributed by atoms with Gasteiger partial charge in [0.2, 0.25) is 5.91 Å². The van der Waals surface area contributed by atoms with Crippen LogP contribution in [0.2, 0.25) is 0 Å². The zero-order valence-corrected chi connectivity index (χ0v) is 15.4. The van der Waals surface area contributed by atoms with Gasteiger partial charge in [-0.05, 0) is 53.6 Å². The van der Waals surface area contributed by atoms with Gasteiger partial charge < -0.3 is 10.2 Å². The molecule has 1 saturated carbocycles. The summed E-state index contributed by atoms with van der Waals surface area (Å²) in [5.41, 5.74) is 3.18. The van der Waals surface area contributed by atoms with Crippen LogP contribution < -0.4 is 5.32 Å². The SMILES string of the molecule is CNC(=O)C1c2cc(F)ccc2C(=O)N1Cc1ccccc1C1CCCC1. The zero-order chi connectivity index (χ0) is 19.0. The Morgan fingerprint density at radius 3 is 2.63 bits per heavy atom. The van der Waals surface area contributed by atoms with Crippen LogP contribution in [0.4, 0.5) is 4.39 Å². The number of hydrogen-bond donors (Lipinski definition) is 1. The van der Waals surface area contributed by atoms with Crippen molar-refractivity contribution in [3.63, 3.8) is 0 Å². The lowest BCUT2D eigenvalue weighted by atomic mass is 9.92. The maximum Gasteiger partial charge on any atom is 0.255 e. The predicted octanol–water partition coefficient (Wildman–Crippen LogP) is 3.93. The average Bonchev–Trinajstić information content (AvgIpc) is 3.29. The van der Waals surface area contributed by atoms with Gasteiger partial charge in [0, 0.05) is 19.2 Å². The van der Waals surface area contributed by atoms with Crippen LogP contribution in [0.3, 0.4) is 0 Å². The Balaban J connectivity index is 1.71. The molecule has 1 aliphatic carbocycles. The van der Waals surface area contributed by atoms with E-state index in [0.29, 0.717) is 23.6 Å². The van der Waals surface area contributed by atoms with Crippen LogP contribution in [-0.2, 0) is 11.3 Å². The molecular formula is C22H23FN2O2. The second-order valence-electron chi connectivity index (χ2n) is 7.36. The third-order valence-corrected chi connectivity index (χ3v) is 5.80. The number of rotatable bonds is 4. The summed E-state index contributed by atoms with van der Waals surface area (Å²) < 4.78 is 13.8. The summed E-state index contributed by atoms with van der Waals surface area (Å²) in [5, 5.41) is 2.62. The number of nitrogens with zero attached hydrogens (tertiary/aromatic N) is 1. The van der Waals surface area contributed by atoms with Crippen LogP contribution >= 0.6 is 0 Å². The maximum absolute atomic E-state index is 13.8. The molecule has 2 aromatic rings. The molecule has 1 fully saturated rings. The number of nitrogens with one attached hydrogen (secondary N) is 1. The lowest BCUT2D eigenvalue weighted by Gasteiger charge is -2.26. The van der Waals surface area contributed by atoms with E-state index in [4.69, 9.17) is 0 Å². The minimum atomic E-state index is -0.801. The van der Waals surface area contributed by atoms with Crippen LogP contribution in [0.1, 0.15) is 64.7 Å². The molecule has 1 N–H and O–H groups in total. The van der Waals surface area contributed by atoms with Crippen molar-refractivity contribution >= 4 is 11.8 Å². The van der Waals surface area contributed by atoms with E-state index < -0.39 is 11.9 Å². The third kappa shape index (κ3) is 3.11. The van der Waals surface area contributed by atoms with Crippen molar-refractivity contribution in [3.05, 3.63) is 70.5 Å². The van der Waals surface area contributed by atoms with Gasteiger partial charge in [-0.1, -0.05) is 37.1 Å². The lowest BCUT2D eigenvalue weighted by Crippen LogP contribution is -2.37. The monoisotopic (exact) mass is 366 g/mol. The van der Waals surface area contributed by atoms with Gasteiger partial charge in [0.15, 0.2) is 0 Å². The van der Waals surface area contributed by atoms with E-state index >= 15 is 0 Å². The van der Waals surface area contributed by atoms with Gasteiger partial charge in [0.25, 0.3) is 5.91 Å². The quantitative estimate of drug-likeness (QED) is 0.891. The van der Waals surface area contributed by atoms with E-state index in [1.807, 2.05) is 18.2 Å². The lowest BCUT2D eigenvalue weighted by molar-refractivity contribution is -0.125. The fourth-order valence-corrected chi connectivity index (χ4v) is 4.47. The highest BCUT2D eigenvalue weighted by atomic mass is 19.1. The number of halogens is 1. The van der Waals surface area contributed by atoms with E-state index in [1.165, 1.54) is 43.7 Å². The molecule has 0 aromatic heterocycles. The number of benzene rings is 2. The minimum Gasteiger partial charge on any atom is -0.357 e.